The molecule has 2 unspecified atom stereocenters. The number of amides is 1. The van der Waals surface area contributed by atoms with Gasteiger partial charge in [-0.2, -0.15) is 0 Å². The largest absolute Gasteiger partial charge is 0.396 e. The van der Waals surface area contributed by atoms with Crippen LogP contribution in [-0.2, 0) is 0 Å². The first-order valence-electron chi connectivity index (χ1n) is 12.6. The molecule has 186 valence electrons. The molecule has 35 heavy (non-hydrogen) atoms. The van der Waals surface area contributed by atoms with Crippen LogP contribution in [0.5, 0.6) is 0 Å². The summed E-state index contributed by atoms with van der Waals surface area (Å²) in [6.45, 7) is 4.45. The zero-order valence-electron chi connectivity index (χ0n) is 19.9. The molecule has 9 nitrogen and oxygen atoms in total. The van der Waals surface area contributed by atoms with Crippen LogP contribution in [0.4, 0.5) is 22.9 Å². The Bertz CT molecular complexity index is 1100. The molecule has 2 saturated carbocycles. The molecule has 2 aliphatic heterocycles. The van der Waals surface area contributed by atoms with E-state index in [1.54, 1.807) is 18.3 Å². The minimum Gasteiger partial charge on any atom is -0.396 e. The monoisotopic (exact) mass is 495 g/mol. The summed E-state index contributed by atoms with van der Waals surface area (Å²) in [6.07, 6.45) is 8.09. The summed E-state index contributed by atoms with van der Waals surface area (Å²) < 4.78 is 3.11. The number of nitrogens with one attached hydrogen (secondary N) is 2. The molecule has 6 rings (SSSR count). The Labute approximate surface area is 210 Å². The van der Waals surface area contributed by atoms with Crippen molar-refractivity contribution in [2.75, 3.05) is 60.2 Å². The first-order valence-corrected chi connectivity index (χ1v) is 13.4. The van der Waals surface area contributed by atoms with Crippen molar-refractivity contribution in [1.82, 2.24) is 14.7 Å². The molecule has 1 spiro atoms. The van der Waals surface area contributed by atoms with E-state index in [2.05, 4.69) is 29.8 Å². The van der Waals surface area contributed by atoms with E-state index < -0.39 is 0 Å². The maximum atomic E-state index is 13.3. The van der Waals surface area contributed by atoms with Gasteiger partial charge in [-0.05, 0) is 79.5 Å². The van der Waals surface area contributed by atoms with Crippen LogP contribution < -0.4 is 25.6 Å². The maximum Gasteiger partial charge on any atom is 0.274 e. The number of hydrogen-bond donors (Lipinski definition) is 4. The van der Waals surface area contributed by atoms with Crippen molar-refractivity contribution >= 4 is 40.7 Å². The number of aromatic nitrogens is 2. The number of aliphatic hydroxyl groups excluding tert-OH is 1. The van der Waals surface area contributed by atoms with Gasteiger partial charge in [-0.15, -0.1) is 0 Å². The predicted octanol–water partition coefficient (Wildman–Crippen LogP) is 2.74. The van der Waals surface area contributed by atoms with Crippen molar-refractivity contribution in [3.05, 3.63) is 30.1 Å². The highest BCUT2D eigenvalue weighted by atomic mass is 32.2. The van der Waals surface area contributed by atoms with Crippen LogP contribution >= 0.6 is 11.9 Å². The van der Waals surface area contributed by atoms with Crippen molar-refractivity contribution in [2.24, 2.45) is 17.3 Å². The summed E-state index contributed by atoms with van der Waals surface area (Å²) >= 11 is 1.39. The lowest BCUT2D eigenvalue weighted by Crippen LogP contribution is -2.35. The van der Waals surface area contributed by atoms with E-state index in [0.717, 1.165) is 54.5 Å². The normalized spacial score (nSPS) is 23.9. The summed E-state index contributed by atoms with van der Waals surface area (Å²) in [4.78, 5) is 27.0. The van der Waals surface area contributed by atoms with Crippen LogP contribution in [0.2, 0.25) is 0 Å². The molecular weight excluding hydrogens is 462 g/mol. The van der Waals surface area contributed by atoms with E-state index in [9.17, 15) is 4.79 Å². The van der Waals surface area contributed by atoms with E-state index in [1.807, 2.05) is 6.07 Å². The first-order chi connectivity index (χ1) is 17.0. The Hall–Kier alpha value is -2.56. The fourth-order valence-electron chi connectivity index (χ4n) is 5.51. The smallest absolute Gasteiger partial charge is 0.274 e. The van der Waals surface area contributed by atoms with Gasteiger partial charge in [-0.25, -0.2) is 9.97 Å². The molecule has 2 aromatic heterocycles. The molecule has 2 aromatic rings. The number of nitrogens with two attached hydrogens (primary N) is 1. The second-order valence-corrected chi connectivity index (χ2v) is 11.4. The Kier molecular flexibility index (Phi) is 5.98. The van der Waals surface area contributed by atoms with Gasteiger partial charge >= 0.3 is 0 Å². The minimum atomic E-state index is -0.256. The van der Waals surface area contributed by atoms with E-state index in [0.29, 0.717) is 29.0 Å². The summed E-state index contributed by atoms with van der Waals surface area (Å²) in [5.74, 6) is 1.97. The third-order valence-electron chi connectivity index (χ3n) is 8.03. The number of fused-ring (bicyclic) bond motifs is 1. The SMILES string of the molecule is Nc1ccc(C(=O)Nc2cnc(SNCCO)cc2N2CCC3(CC2)CC3)nc1N1CC2CC2C1. The molecule has 10 heteroatoms. The molecule has 4 heterocycles. The molecule has 2 aliphatic carbocycles. The molecule has 4 aliphatic rings. The van der Waals surface area contributed by atoms with E-state index in [-0.39, 0.29) is 12.5 Å². The average Bonchev–Trinajstić information content (AvgIpc) is 3.77. The Morgan fingerprint density at radius 1 is 1.17 bits per heavy atom. The van der Waals surface area contributed by atoms with Crippen molar-refractivity contribution in [1.29, 1.82) is 0 Å². The van der Waals surface area contributed by atoms with Crippen LogP contribution in [0.1, 0.15) is 42.6 Å². The second kappa shape index (κ2) is 9.15. The molecule has 2 atom stereocenters. The zero-order valence-corrected chi connectivity index (χ0v) is 20.7. The summed E-state index contributed by atoms with van der Waals surface area (Å²) in [5.41, 5.74) is 9.43. The zero-order chi connectivity index (χ0) is 24.0. The van der Waals surface area contributed by atoms with Crippen LogP contribution in [-0.4, -0.2) is 60.3 Å². The molecule has 0 aromatic carbocycles. The average molecular weight is 496 g/mol. The molecule has 4 fully saturated rings. The van der Waals surface area contributed by atoms with Gasteiger partial charge in [0.05, 0.1) is 29.9 Å². The quantitative estimate of drug-likeness (QED) is 0.324. The number of carbonyl (C=O) groups excluding carboxylic acids is 1. The fourth-order valence-corrected chi connectivity index (χ4v) is 6.12. The number of rotatable bonds is 8. The number of aliphatic hydroxyl groups is 1. The number of pyridine rings is 2. The van der Waals surface area contributed by atoms with Gasteiger partial charge in [-0.1, -0.05) is 0 Å². The van der Waals surface area contributed by atoms with Crippen molar-refractivity contribution in [3.63, 3.8) is 0 Å². The molecule has 5 N–H and O–H groups in total. The van der Waals surface area contributed by atoms with E-state index in [1.165, 1.54) is 44.1 Å². The number of nitrogen functional groups attached to an aromatic ring is 1. The number of nitrogens with zero attached hydrogens (tertiary/aromatic N) is 4. The van der Waals surface area contributed by atoms with Crippen molar-refractivity contribution in [3.8, 4) is 0 Å². The lowest BCUT2D eigenvalue weighted by atomic mass is 9.93. The van der Waals surface area contributed by atoms with Gasteiger partial charge in [0.2, 0.25) is 0 Å². The standard InChI is InChI=1S/C25H33N7O2S/c26-18-1-2-19(29-23(18)32-14-16-11-17(16)15-32)24(34)30-20-13-27-22(35-28-7-10-33)12-21(20)31-8-5-25(3-4-25)6-9-31/h1-2,12-13,16-17,28,33H,3-11,14-15,26H2,(H,30,34). The molecular formula is C25H33N7O2S. The summed E-state index contributed by atoms with van der Waals surface area (Å²) in [6, 6.07) is 5.50. The number of piperidine rings is 2. The Balaban J connectivity index is 1.22. The summed E-state index contributed by atoms with van der Waals surface area (Å²) in [7, 11) is 0. The van der Waals surface area contributed by atoms with Gasteiger partial charge in [0.25, 0.3) is 5.91 Å². The highest BCUT2D eigenvalue weighted by molar-refractivity contribution is 7.97. The van der Waals surface area contributed by atoms with E-state index in [4.69, 9.17) is 10.8 Å². The third-order valence-corrected chi connectivity index (χ3v) is 8.81. The molecule has 1 amide bonds. The fraction of sp³-hybridized carbons (Fsp3) is 0.560. The lowest BCUT2D eigenvalue weighted by Gasteiger charge is -2.35. The van der Waals surface area contributed by atoms with E-state index >= 15 is 0 Å². The number of anilines is 4. The second-order valence-electron chi connectivity index (χ2n) is 10.5. The maximum absolute atomic E-state index is 13.3. The van der Waals surface area contributed by atoms with Crippen LogP contribution in [0, 0.1) is 17.3 Å². The number of hydrogen-bond acceptors (Lipinski definition) is 9. The Morgan fingerprint density at radius 2 is 1.94 bits per heavy atom. The topological polar surface area (TPSA) is 120 Å². The van der Waals surface area contributed by atoms with Crippen LogP contribution in [0.25, 0.3) is 0 Å². The lowest BCUT2D eigenvalue weighted by molar-refractivity contribution is 0.102. The van der Waals surface area contributed by atoms with Gasteiger partial charge in [-0.3, -0.25) is 9.52 Å². The van der Waals surface area contributed by atoms with Crippen molar-refractivity contribution < 1.29 is 9.90 Å². The highest BCUT2D eigenvalue weighted by Crippen LogP contribution is 2.54. The molecule has 2 saturated heterocycles. The first kappa shape index (κ1) is 22.9. The predicted molar refractivity (Wildman–Crippen MR) is 139 cm³/mol. The van der Waals surface area contributed by atoms with Crippen molar-refractivity contribution in [2.45, 2.75) is 37.1 Å². The van der Waals surface area contributed by atoms with Gasteiger partial charge in [0.15, 0.2) is 5.82 Å². The number of carbonyl (C=O) groups is 1. The van der Waals surface area contributed by atoms with Gasteiger partial charge in [0, 0.05) is 32.7 Å². The minimum absolute atomic E-state index is 0.0670. The Morgan fingerprint density at radius 3 is 2.66 bits per heavy atom. The van der Waals surface area contributed by atoms with Crippen LogP contribution in [0.3, 0.4) is 0 Å². The highest BCUT2D eigenvalue weighted by Gasteiger charge is 2.46. The van der Waals surface area contributed by atoms with Crippen LogP contribution in [0.15, 0.2) is 29.4 Å². The summed E-state index contributed by atoms with van der Waals surface area (Å²) in [5, 5.41) is 12.9. The molecule has 0 bridgehead atoms. The van der Waals surface area contributed by atoms with Gasteiger partial charge in [0.1, 0.15) is 10.7 Å². The van der Waals surface area contributed by atoms with Gasteiger partial charge < -0.3 is 26.0 Å². The third kappa shape index (κ3) is 4.79. The molecule has 0 radical (unpaired) electrons.